The molecule has 0 aliphatic rings. The molecule has 548 valence electrons. The SMILES string of the molecule is CCCCCCC/C=C\C/C=C\CCCCCCCCCCCCCCCCCCCCCCCCCCCC(=O)OC(COC(=O)CCCCCCCCCCCCCCCCCCCCC/C=C\CCCCCCCCCC)COC(OCC[N+](C)(C)C)C(=O)[O-]. The fourth-order valence-corrected chi connectivity index (χ4v) is 12.6. The zero-order valence-electron chi connectivity index (χ0n) is 62.9. The van der Waals surface area contributed by atoms with Gasteiger partial charge in [-0.2, -0.15) is 0 Å². The van der Waals surface area contributed by atoms with Gasteiger partial charge in [0.15, 0.2) is 12.4 Å². The molecule has 9 nitrogen and oxygen atoms in total. The minimum absolute atomic E-state index is 0.151. The first kappa shape index (κ1) is 90.5. The van der Waals surface area contributed by atoms with Crippen LogP contribution in [0.4, 0.5) is 0 Å². The van der Waals surface area contributed by atoms with Crippen molar-refractivity contribution in [2.45, 2.75) is 437 Å². The van der Waals surface area contributed by atoms with E-state index in [0.717, 1.165) is 44.9 Å². The molecule has 0 rings (SSSR count). The number of quaternary nitrogens is 1. The Hall–Kier alpha value is -2.49. The number of ether oxygens (including phenoxy) is 4. The summed E-state index contributed by atoms with van der Waals surface area (Å²) in [6, 6.07) is 0. The molecule has 0 aromatic heterocycles. The van der Waals surface area contributed by atoms with Crippen LogP contribution in [0, 0.1) is 0 Å². The van der Waals surface area contributed by atoms with E-state index in [9.17, 15) is 19.5 Å². The summed E-state index contributed by atoms with van der Waals surface area (Å²) >= 11 is 0. The van der Waals surface area contributed by atoms with Crippen LogP contribution in [0.15, 0.2) is 36.5 Å². The van der Waals surface area contributed by atoms with Crippen LogP contribution in [0.1, 0.15) is 425 Å². The smallest absolute Gasteiger partial charge is 0.306 e. The second kappa shape index (κ2) is 75.3. The van der Waals surface area contributed by atoms with Gasteiger partial charge in [0.05, 0.1) is 40.3 Å². The average molecular weight is 1310 g/mol. The molecule has 0 saturated carbocycles. The van der Waals surface area contributed by atoms with Gasteiger partial charge in [0.2, 0.25) is 0 Å². The molecule has 0 aliphatic carbocycles. The largest absolute Gasteiger partial charge is 0.545 e. The van der Waals surface area contributed by atoms with Crippen molar-refractivity contribution in [3.05, 3.63) is 36.5 Å². The molecule has 0 heterocycles. The zero-order valence-corrected chi connectivity index (χ0v) is 62.9. The normalized spacial score (nSPS) is 12.7. The van der Waals surface area contributed by atoms with Gasteiger partial charge in [-0.1, -0.05) is 378 Å². The molecule has 0 saturated heterocycles. The van der Waals surface area contributed by atoms with Crippen LogP contribution in [0.5, 0.6) is 0 Å². The van der Waals surface area contributed by atoms with E-state index in [1.807, 2.05) is 21.1 Å². The molecule has 0 bridgehead atoms. The molecule has 9 heteroatoms. The van der Waals surface area contributed by atoms with Gasteiger partial charge in [-0.3, -0.25) is 9.59 Å². The molecule has 0 spiro atoms. The van der Waals surface area contributed by atoms with Crippen molar-refractivity contribution in [2.75, 3.05) is 47.5 Å². The number of carboxylic acids is 1. The van der Waals surface area contributed by atoms with Crippen LogP contribution in [0.2, 0.25) is 0 Å². The minimum Gasteiger partial charge on any atom is -0.545 e. The Balaban J connectivity index is 3.95. The topological polar surface area (TPSA) is 111 Å². The third-order valence-electron chi connectivity index (χ3n) is 18.9. The lowest BCUT2D eigenvalue weighted by atomic mass is 10.0. The van der Waals surface area contributed by atoms with E-state index in [0.29, 0.717) is 17.4 Å². The predicted octanol–water partition coefficient (Wildman–Crippen LogP) is 24.9. The number of esters is 2. The number of carbonyl (C=O) groups is 3. The van der Waals surface area contributed by atoms with E-state index in [2.05, 4.69) is 50.3 Å². The summed E-state index contributed by atoms with van der Waals surface area (Å²) in [6.07, 6.45) is 94.3. The molecule has 0 N–H and O–H groups in total. The van der Waals surface area contributed by atoms with Gasteiger partial charge in [0, 0.05) is 12.8 Å². The van der Waals surface area contributed by atoms with Crippen molar-refractivity contribution >= 4 is 17.9 Å². The number of allylic oxidation sites excluding steroid dienone is 6. The molecular formula is C84H159NO8. The lowest BCUT2D eigenvalue weighted by molar-refractivity contribution is -0.870. The van der Waals surface area contributed by atoms with Crippen molar-refractivity contribution < 1.29 is 42.9 Å². The van der Waals surface area contributed by atoms with Crippen molar-refractivity contribution in [3.63, 3.8) is 0 Å². The summed E-state index contributed by atoms with van der Waals surface area (Å²) in [5, 5.41) is 11.9. The third-order valence-corrected chi connectivity index (χ3v) is 18.9. The number of carbonyl (C=O) groups excluding carboxylic acids is 3. The second-order valence-electron chi connectivity index (χ2n) is 29.4. The molecule has 0 fully saturated rings. The highest BCUT2D eigenvalue weighted by molar-refractivity contribution is 5.70. The first-order valence-electron chi connectivity index (χ1n) is 41.1. The minimum atomic E-state index is -1.62. The number of carboxylic acid groups (broad SMARTS) is 1. The Morgan fingerprint density at radius 2 is 0.581 bits per heavy atom. The van der Waals surface area contributed by atoms with E-state index in [1.54, 1.807) is 0 Å². The van der Waals surface area contributed by atoms with E-state index in [-0.39, 0.29) is 32.2 Å². The van der Waals surface area contributed by atoms with Crippen LogP contribution in [-0.2, 0) is 33.3 Å². The van der Waals surface area contributed by atoms with Gasteiger partial charge >= 0.3 is 11.9 Å². The van der Waals surface area contributed by atoms with Gasteiger partial charge < -0.3 is 33.3 Å². The Labute approximate surface area is 579 Å². The molecular weight excluding hydrogens is 1150 g/mol. The fourth-order valence-electron chi connectivity index (χ4n) is 12.6. The molecule has 0 aromatic rings. The van der Waals surface area contributed by atoms with Crippen molar-refractivity contribution in [2.24, 2.45) is 0 Å². The van der Waals surface area contributed by atoms with Gasteiger partial charge in [0.25, 0.3) is 0 Å². The van der Waals surface area contributed by atoms with Gasteiger partial charge in [-0.15, -0.1) is 0 Å². The number of rotatable bonds is 78. The van der Waals surface area contributed by atoms with E-state index in [1.165, 1.54) is 353 Å². The summed E-state index contributed by atoms with van der Waals surface area (Å²) in [7, 11) is 5.95. The van der Waals surface area contributed by atoms with E-state index < -0.39 is 24.3 Å². The van der Waals surface area contributed by atoms with Crippen LogP contribution in [0.25, 0.3) is 0 Å². The maximum atomic E-state index is 13.0. The molecule has 93 heavy (non-hydrogen) atoms. The fraction of sp³-hybridized carbons (Fsp3) is 0.893. The zero-order chi connectivity index (χ0) is 67.5. The number of hydrogen-bond donors (Lipinski definition) is 0. The molecule has 0 aromatic carbocycles. The summed E-state index contributed by atoms with van der Waals surface area (Å²) in [5.74, 6) is -2.25. The highest BCUT2D eigenvalue weighted by Crippen LogP contribution is 2.20. The molecule has 0 aliphatic heterocycles. The quantitative estimate of drug-likeness (QED) is 0.0195. The number of nitrogens with zero attached hydrogens (tertiary/aromatic N) is 1. The highest BCUT2D eigenvalue weighted by atomic mass is 16.7. The lowest BCUT2D eigenvalue weighted by Crippen LogP contribution is -2.44. The van der Waals surface area contributed by atoms with Gasteiger partial charge in [-0.25, -0.2) is 0 Å². The third kappa shape index (κ3) is 76.7. The first-order valence-corrected chi connectivity index (χ1v) is 41.1. The van der Waals surface area contributed by atoms with Crippen molar-refractivity contribution in [3.8, 4) is 0 Å². The van der Waals surface area contributed by atoms with Crippen LogP contribution >= 0.6 is 0 Å². The predicted molar refractivity (Wildman–Crippen MR) is 399 cm³/mol. The van der Waals surface area contributed by atoms with Gasteiger partial charge in [0.1, 0.15) is 13.2 Å². The van der Waals surface area contributed by atoms with Crippen molar-refractivity contribution in [1.82, 2.24) is 0 Å². The van der Waals surface area contributed by atoms with Crippen LogP contribution in [0.3, 0.4) is 0 Å². The average Bonchev–Trinajstić information content (AvgIpc) is 3.73. The Morgan fingerprint density at radius 1 is 0.323 bits per heavy atom. The monoisotopic (exact) mass is 1310 g/mol. The highest BCUT2D eigenvalue weighted by Gasteiger charge is 2.22. The summed E-state index contributed by atoms with van der Waals surface area (Å²) in [5.41, 5.74) is 0. The van der Waals surface area contributed by atoms with Crippen LogP contribution in [-0.4, -0.2) is 82.3 Å². The summed E-state index contributed by atoms with van der Waals surface area (Å²) < 4.78 is 22.9. The Bertz CT molecular complexity index is 1620. The standard InChI is InChI=1S/C84H159NO8/c1-6-8-10-12-14-16-18-20-22-24-26-28-30-32-34-36-38-39-40-41-42-43-45-47-49-51-53-55-57-59-61-63-65-67-69-71-73-75-82(87)93-80(79-92-84(83(88)89)90-77-76-85(3,4)5)78-91-81(86)74-72-70-68-66-64-62-60-58-56-54-52-50-48-46-44-37-35-33-31-29-27-25-23-21-19-17-15-13-11-9-7-2/h18,20,24-27,80,84H,6-17,19,21-23,28-79H2,1-5H3/b20-18-,26-24-,27-25-. The maximum Gasteiger partial charge on any atom is 0.306 e. The molecule has 2 atom stereocenters. The first-order chi connectivity index (χ1) is 45.6. The summed E-state index contributed by atoms with van der Waals surface area (Å²) in [4.78, 5) is 37.6. The maximum absolute atomic E-state index is 13.0. The van der Waals surface area contributed by atoms with Crippen LogP contribution < -0.4 is 5.11 Å². The Morgan fingerprint density at radius 3 is 0.860 bits per heavy atom. The molecule has 2 unspecified atom stereocenters. The Kier molecular flexibility index (Phi) is 73.3. The van der Waals surface area contributed by atoms with E-state index in [4.69, 9.17) is 18.9 Å². The van der Waals surface area contributed by atoms with Crippen molar-refractivity contribution in [1.29, 1.82) is 0 Å². The molecule has 0 amide bonds. The summed E-state index contributed by atoms with van der Waals surface area (Å²) in [6.45, 7) is 4.82. The van der Waals surface area contributed by atoms with Gasteiger partial charge in [-0.05, 0) is 70.6 Å². The lowest BCUT2D eigenvalue weighted by Gasteiger charge is -2.26. The molecule has 0 radical (unpaired) electrons. The number of likely N-dealkylation sites (N-methyl/N-ethyl adjacent to an activating group) is 1. The second-order valence-corrected chi connectivity index (χ2v) is 29.4. The number of unbranched alkanes of at least 4 members (excludes halogenated alkanes) is 57. The number of hydrogen-bond acceptors (Lipinski definition) is 8. The number of aliphatic carboxylic acids is 1. The van der Waals surface area contributed by atoms with E-state index >= 15 is 0 Å².